The van der Waals surface area contributed by atoms with Crippen LogP contribution in [0.5, 0.6) is 0 Å². The van der Waals surface area contributed by atoms with Crippen molar-refractivity contribution in [2.75, 3.05) is 41.8 Å². The van der Waals surface area contributed by atoms with Crippen molar-refractivity contribution >= 4 is 33.2 Å². The number of benzene rings is 1. The van der Waals surface area contributed by atoms with Gasteiger partial charge in [0.05, 0.1) is 17.3 Å². The molecule has 0 saturated carbocycles. The Morgan fingerprint density at radius 2 is 2.17 bits per heavy atom. The molecule has 132 valence electrons. The minimum absolute atomic E-state index is 0.00501. The lowest BCUT2D eigenvalue weighted by molar-refractivity contribution is -0.118. The van der Waals surface area contributed by atoms with E-state index in [1.165, 1.54) is 23.0 Å². The molecule has 1 amide bonds. The van der Waals surface area contributed by atoms with Crippen LogP contribution in [0.4, 0.5) is 5.69 Å². The van der Waals surface area contributed by atoms with Gasteiger partial charge in [-0.3, -0.25) is 4.79 Å². The van der Waals surface area contributed by atoms with Gasteiger partial charge in [0.1, 0.15) is 0 Å². The van der Waals surface area contributed by atoms with Crippen LogP contribution >= 0.6 is 11.8 Å². The first-order chi connectivity index (χ1) is 11.5. The SMILES string of the molecule is O=C(CSC1CCS(=O)(=O)C1)NCCN1CCCc2ccccc21. The molecule has 5 nitrogen and oxygen atoms in total. The third kappa shape index (κ3) is 4.66. The summed E-state index contributed by atoms with van der Waals surface area (Å²) in [4.78, 5) is 14.3. The maximum absolute atomic E-state index is 11.9. The third-order valence-corrected chi connectivity index (χ3v) is 7.83. The van der Waals surface area contributed by atoms with Gasteiger partial charge >= 0.3 is 0 Å². The van der Waals surface area contributed by atoms with Crippen molar-refractivity contribution in [2.45, 2.75) is 24.5 Å². The molecule has 0 aromatic heterocycles. The Labute approximate surface area is 148 Å². The molecule has 0 spiro atoms. The average molecular weight is 369 g/mol. The van der Waals surface area contributed by atoms with E-state index in [1.54, 1.807) is 0 Å². The van der Waals surface area contributed by atoms with Crippen LogP contribution in [0.3, 0.4) is 0 Å². The monoisotopic (exact) mass is 368 g/mol. The molecule has 3 rings (SSSR count). The maximum atomic E-state index is 11.9. The Bertz CT molecular complexity index is 691. The Morgan fingerprint density at radius 1 is 1.33 bits per heavy atom. The average Bonchev–Trinajstić information content (AvgIpc) is 2.92. The fourth-order valence-corrected chi connectivity index (χ4v) is 6.78. The zero-order valence-corrected chi connectivity index (χ0v) is 15.4. The van der Waals surface area contributed by atoms with E-state index in [0.29, 0.717) is 18.7 Å². The lowest BCUT2D eigenvalue weighted by atomic mass is 10.0. The molecule has 1 unspecified atom stereocenters. The highest BCUT2D eigenvalue weighted by molar-refractivity contribution is 8.02. The van der Waals surface area contributed by atoms with Gasteiger partial charge in [-0.2, -0.15) is 0 Å². The highest BCUT2D eigenvalue weighted by Gasteiger charge is 2.28. The number of carbonyl (C=O) groups excluding carboxylic acids is 1. The van der Waals surface area contributed by atoms with Crippen molar-refractivity contribution in [1.29, 1.82) is 0 Å². The number of nitrogens with one attached hydrogen (secondary N) is 1. The zero-order chi connectivity index (χ0) is 17.0. The third-order valence-electron chi connectivity index (χ3n) is 4.55. The van der Waals surface area contributed by atoms with E-state index in [1.807, 2.05) is 0 Å². The molecule has 2 heterocycles. The Hall–Kier alpha value is -1.21. The number of anilines is 1. The lowest BCUT2D eigenvalue weighted by Gasteiger charge is -2.31. The van der Waals surface area contributed by atoms with Crippen LogP contribution in [0.1, 0.15) is 18.4 Å². The van der Waals surface area contributed by atoms with Crippen LogP contribution in [0.2, 0.25) is 0 Å². The smallest absolute Gasteiger partial charge is 0.230 e. The minimum atomic E-state index is -2.86. The molecule has 1 aromatic rings. The molecule has 1 saturated heterocycles. The van der Waals surface area contributed by atoms with E-state index >= 15 is 0 Å². The maximum Gasteiger partial charge on any atom is 0.230 e. The minimum Gasteiger partial charge on any atom is -0.370 e. The van der Waals surface area contributed by atoms with Crippen molar-refractivity contribution in [3.8, 4) is 0 Å². The normalized spacial score (nSPS) is 22.2. The van der Waals surface area contributed by atoms with E-state index in [4.69, 9.17) is 0 Å². The van der Waals surface area contributed by atoms with Gasteiger partial charge in [-0.25, -0.2) is 8.42 Å². The number of carbonyl (C=O) groups is 1. The summed E-state index contributed by atoms with van der Waals surface area (Å²) in [7, 11) is -2.86. The predicted octanol–water partition coefficient (Wildman–Crippen LogP) is 1.48. The second-order valence-corrected chi connectivity index (χ2v) is 9.92. The highest BCUT2D eigenvalue weighted by Crippen LogP contribution is 2.26. The largest absolute Gasteiger partial charge is 0.370 e. The molecule has 1 aromatic carbocycles. The zero-order valence-electron chi connectivity index (χ0n) is 13.7. The van der Waals surface area contributed by atoms with E-state index in [2.05, 4.69) is 34.5 Å². The number of fused-ring (bicyclic) bond motifs is 1. The second-order valence-electron chi connectivity index (χ2n) is 6.41. The number of sulfone groups is 1. The molecule has 0 radical (unpaired) electrons. The predicted molar refractivity (Wildman–Crippen MR) is 99.5 cm³/mol. The number of amides is 1. The van der Waals surface area contributed by atoms with Crippen LogP contribution in [0.15, 0.2) is 24.3 Å². The van der Waals surface area contributed by atoms with Crippen molar-refractivity contribution in [3.05, 3.63) is 29.8 Å². The van der Waals surface area contributed by atoms with Crippen molar-refractivity contribution in [2.24, 2.45) is 0 Å². The Morgan fingerprint density at radius 3 is 2.96 bits per heavy atom. The first-order valence-electron chi connectivity index (χ1n) is 8.45. The molecular weight excluding hydrogens is 344 g/mol. The lowest BCUT2D eigenvalue weighted by Crippen LogP contribution is -2.38. The van der Waals surface area contributed by atoms with Gasteiger partial charge in [0.2, 0.25) is 5.91 Å². The first-order valence-corrected chi connectivity index (χ1v) is 11.3. The molecule has 2 aliphatic rings. The summed E-state index contributed by atoms with van der Waals surface area (Å²) in [6.45, 7) is 2.46. The van der Waals surface area contributed by atoms with E-state index in [9.17, 15) is 13.2 Å². The standard InChI is InChI=1S/C17H24N2O3S2/c20-17(12-23-15-7-11-24(21,22)13-15)18-8-10-19-9-3-5-14-4-1-2-6-16(14)19/h1-2,4,6,15H,3,5,7-13H2,(H,18,20). The number of hydrogen-bond donors (Lipinski definition) is 1. The van der Waals surface area contributed by atoms with Crippen LogP contribution < -0.4 is 10.2 Å². The van der Waals surface area contributed by atoms with E-state index < -0.39 is 9.84 Å². The summed E-state index contributed by atoms with van der Waals surface area (Å²) < 4.78 is 22.8. The van der Waals surface area contributed by atoms with Crippen molar-refractivity contribution in [3.63, 3.8) is 0 Å². The number of nitrogens with zero attached hydrogens (tertiary/aromatic N) is 1. The number of thioether (sulfide) groups is 1. The summed E-state index contributed by atoms with van der Waals surface area (Å²) >= 11 is 1.46. The van der Waals surface area contributed by atoms with Crippen LogP contribution in [-0.2, 0) is 21.1 Å². The Kier molecular flexibility index (Phi) is 5.71. The van der Waals surface area contributed by atoms with Gasteiger partial charge in [0.15, 0.2) is 9.84 Å². The van der Waals surface area contributed by atoms with Crippen molar-refractivity contribution in [1.82, 2.24) is 5.32 Å². The first kappa shape index (κ1) is 17.6. The van der Waals surface area contributed by atoms with Gasteiger partial charge < -0.3 is 10.2 Å². The molecular formula is C17H24N2O3S2. The topological polar surface area (TPSA) is 66.5 Å². The van der Waals surface area contributed by atoms with Gasteiger partial charge in [0.25, 0.3) is 0 Å². The quantitative estimate of drug-likeness (QED) is 0.824. The summed E-state index contributed by atoms with van der Waals surface area (Å²) in [5, 5.41) is 3.03. The van der Waals surface area contributed by atoms with E-state index in [0.717, 1.165) is 25.9 Å². The fraction of sp³-hybridized carbons (Fsp3) is 0.588. The van der Waals surface area contributed by atoms with Gasteiger partial charge in [-0.05, 0) is 30.9 Å². The van der Waals surface area contributed by atoms with Gasteiger partial charge in [0, 0.05) is 30.6 Å². The van der Waals surface area contributed by atoms with Crippen LogP contribution in [0, 0.1) is 0 Å². The second kappa shape index (κ2) is 7.78. The molecule has 1 fully saturated rings. The van der Waals surface area contributed by atoms with Crippen LogP contribution in [0.25, 0.3) is 0 Å². The molecule has 1 N–H and O–H groups in total. The highest BCUT2D eigenvalue weighted by atomic mass is 32.2. The van der Waals surface area contributed by atoms with Crippen LogP contribution in [-0.4, -0.2) is 56.5 Å². The number of aryl methyl sites for hydroxylation is 1. The fourth-order valence-electron chi connectivity index (χ4n) is 3.31. The molecule has 1 atom stereocenters. The summed E-state index contributed by atoms with van der Waals surface area (Å²) in [5.41, 5.74) is 2.66. The molecule has 24 heavy (non-hydrogen) atoms. The molecule has 0 bridgehead atoms. The van der Waals surface area contributed by atoms with Crippen molar-refractivity contribution < 1.29 is 13.2 Å². The number of hydrogen-bond acceptors (Lipinski definition) is 5. The number of para-hydroxylation sites is 1. The molecule has 0 aliphatic carbocycles. The Balaban J connectivity index is 1.38. The number of rotatable bonds is 6. The van der Waals surface area contributed by atoms with Gasteiger partial charge in [-0.1, -0.05) is 18.2 Å². The summed E-state index contributed by atoms with van der Waals surface area (Å²) in [6.07, 6.45) is 2.95. The summed E-state index contributed by atoms with van der Waals surface area (Å²) in [5.74, 6) is 0.821. The molecule has 7 heteroatoms. The van der Waals surface area contributed by atoms with E-state index in [-0.39, 0.29) is 22.7 Å². The summed E-state index contributed by atoms with van der Waals surface area (Å²) in [6, 6.07) is 8.45. The van der Waals surface area contributed by atoms with Gasteiger partial charge in [-0.15, -0.1) is 11.8 Å². The molecule has 2 aliphatic heterocycles.